The Balaban J connectivity index is 1.85. The number of aromatic nitrogens is 3. The summed E-state index contributed by atoms with van der Waals surface area (Å²) in [6, 6.07) is 4.99. The van der Waals surface area contributed by atoms with Gasteiger partial charge in [-0.05, 0) is 19.1 Å². The molecule has 0 saturated heterocycles. The molecule has 2 heterocycles. The fourth-order valence-corrected chi connectivity index (χ4v) is 2.84. The van der Waals surface area contributed by atoms with Crippen LogP contribution in [0, 0.1) is 6.92 Å². The number of hydrogen-bond donors (Lipinski definition) is 0. The lowest BCUT2D eigenvalue weighted by molar-refractivity contribution is 0.0428. The number of ether oxygens (including phenoxy) is 1. The Hall–Kier alpha value is -2.38. The number of rotatable bonds is 5. The van der Waals surface area contributed by atoms with Crippen LogP contribution in [0.2, 0.25) is 10.0 Å². The first-order chi connectivity index (χ1) is 12.4. The van der Waals surface area contributed by atoms with Gasteiger partial charge in [0.15, 0.2) is 12.4 Å². The van der Waals surface area contributed by atoms with E-state index < -0.39 is 5.97 Å². The van der Waals surface area contributed by atoms with Gasteiger partial charge in [-0.3, -0.25) is 0 Å². The SMILES string of the molecule is Cc1onc(-c2c(Cl)cccc2Cl)c1C(=O)OCc1nc(C(C)C)no1. The topological polar surface area (TPSA) is 91.2 Å². The van der Waals surface area contributed by atoms with Crippen molar-refractivity contribution in [3.05, 3.63) is 51.3 Å². The van der Waals surface area contributed by atoms with Crippen molar-refractivity contribution in [1.29, 1.82) is 0 Å². The summed E-state index contributed by atoms with van der Waals surface area (Å²) < 4.78 is 15.5. The molecule has 0 radical (unpaired) electrons. The summed E-state index contributed by atoms with van der Waals surface area (Å²) in [5, 5.41) is 8.43. The molecule has 0 spiro atoms. The van der Waals surface area contributed by atoms with Gasteiger partial charge in [-0.15, -0.1) is 0 Å². The number of benzene rings is 1. The van der Waals surface area contributed by atoms with Crippen LogP contribution in [0.25, 0.3) is 11.3 Å². The molecule has 0 saturated carbocycles. The Labute approximate surface area is 159 Å². The number of nitrogens with zero attached hydrogens (tertiary/aromatic N) is 3. The van der Waals surface area contributed by atoms with E-state index >= 15 is 0 Å². The molecule has 26 heavy (non-hydrogen) atoms. The molecular weight excluding hydrogens is 381 g/mol. The summed E-state index contributed by atoms with van der Waals surface area (Å²) in [5.74, 6) is 0.486. The van der Waals surface area contributed by atoms with Gasteiger partial charge >= 0.3 is 5.97 Å². The van der Waals surface area contributed by atoms with E-state index in [0.29, 0.717) is 21.4 Å². The highest BCUT2D eigenvalue weighted by Crippen LogP contribution is 2.37. The third kappa shape index (κ3) is 3.59. The number of halogens is 2. The third-order valence-corrected chi connectivity index (χ3v) is 4.22. The second-order valence-electron chi connectivity index (χ2n) is 5.84. The van der Waals surface area contributed by atoms with Crippen LogP contribution in [-0.2, 0) is 11.3 Å². The first-order valence-electron chi connectivity index (χ1n) is 7.78. The lowest BCUT2D eigenvalue weighted by Gasteiger charge is -2.06. The first-order valence-corrected chi connectivity index (χ1v) is 8.54. The minimum atomic E-state index is -0.654. The van der Waals surface area contributed by atoms with E-state index in [0.717, 1.165) is 0 Å². The maximum atomic E-state index is 12.6. The molecular formula is C17H15Cl2N3O4. The van der Waals surface area contributed by atoms with Crippen molar-refractivity contribution in [3.63, 3.8) is 0 Å². The van der Waals surface area contributed by atoms with Crippen LogP contribution in [0.1, 0.15) is 47.6 Å². The number of hydrogen-bond acceptors (Lipinski definition) is 7. The lowest BCUT2D eigenvalue weighted by Crippen LogP contribution is -2.08. The molecule has 7 nitrogen and oxygen atoms in total. The van der Waals surface area contributed by atoms with Gasteiger partial charge in [0.05, 0.1) is 10.0 Å². The predicted octanol–water partition coefficient (Wildman–Crippen LogP) is 4.82. The smallest absolute Gasteiger partial charge is 0.344 e. The Bertz CT molecular complexity index is 929. The fraction of sp³-hybridized carbons (Fsp3) is 0.294. The molecule has 9 heteroatoms. The number of esters is 1. The molecule has 0 fully saturated rings. The Kier molecular flexibility index (Phi) is 5.29. The average Bonchev–Trinajstić information content (AvgIpc) is 3.20. The predicted molar refractivity (Wildman–Crippen MR) is 94.2 cm³/mol. The van der Waals surface area contributed by atoms with Crippen molar-refractivity contribution in [2.45, 2.75) is 33.3 Å². The number of carbonyl (C=O) groups excluding carboxylic acids is 1. The highest BCUT2D eigenvalue weighted by molar-refractivity contribution is 6.39. The van der Waals surface area contributed by atoms with Crippen molar-refractivity contribution in [3.8, 4) is 11.3 Å². The highest BCUT2D eigenvalue weighted by atomic mass is 35.5. The van der Waals surface area contributed by atoms with E-state index in [1.807, 2.05) is 13.8 Å². The fourth-order valence-electron chi connectivity index (χ4n) is 2.27. The summed E-state index contributed by atoms with van der Waals surface area (Å²) in [6.07, 6.45) is 0. The molecule has 0 unspecified atom stereocenters. The molecule has 3 aromatic rings. The Morgan fingerprint density at radius 1 is 1.19 bits per heavy atom. The molecule has 0 aliphatic rings. The van der Waals surface area contributed by atoms with Gasteiger partial charge in [0, 0.05) is 11.5 Å². The zero-order valence-corrected chi connectivity index (χ0v) is 15.8. The largest absolute Gasteiger partial charge is 0.452 e. The minimum absolute atomic E-state index is 0.109. The quantitative estimate of drug-likeness (QED) is 0.571. The molecule has 0 N–H and O–H groups in total. The molecule has 3 rings (SSSR count). The molecule has 0 atom stereocenters. The second-order valence-corrected chi connectivity index (χ2v) is 6.65. The second kappa shape index (κ2) is 7.47. The summed E-state index contributed by atoms with van der Waals surface area (Å²) in [7, 11) is 0. The zero-order valence-electron chi connectivity index (χ0n) is 14.2. The van der Waals surface area contributed by atoms with Crippen LogP contribution < -0.4 is 0 Å². The normalized spacial score (nSPS) is 11.2. The maximum absolute atomic E-state index is 12.6. The van der Waals surface area contributed by atoms with Gasteiger partial charge in [-0.2, -0.15) is 4.98 Å². The number of carbonyl (C=O) groups is 1. The highest BCUT2D eigenvalue weighted by Gasteiger charge is 2.26. The van der Waals surface area contributed by atoms with Crippen LogP contribution in [0.4, 0.5) is 0 Å². The average molecular weight is 396 g/mol. The molecule has 0 aliphatic heterocycles. The van der Waals surface area contributed by atoms with Crippen LogP contribution in [-0.4, -0.2) is 21.3 Å². The van der Waals surface area contributed by atoms with Gasteiger partial charge in [0.25, 0.3) is 5.89 Å². The molecule has 0 bridgehead atoms. The van der Waals surface area contributed by atoms with Gasteiger partial charge in [-0.25, -0.2) is 4.79 Å². The molecule has 0 amide bonds. The standard InChI is InChI=1S/C17H15Cl2N3O4/c1-8(2)16-20-12(26-22-16)7-24-17(23)13-9(3)25-21-15(13)14-10(18)5-4-6-11(14)19/h4-6,8H,7H2,1-3H3. The Morgan fingerprint density at radius 2 is 1.88 bits per heavy atom. The first kappa shape index (κ1) is 18.4. The van der Waals surface area contributed by atoms with Crippen LogP contribution in [0.15, 0.2) is 27.2 Å². The molecule has 1 aromatic carbocycles. The van der Waals surface area contributed by atoms with Gasteiger partial charge in [-0.1, -0.05) is 53.4 Å². The van der Waals surface area contributed by atoms with Gasteiger partial charge in [0.2, 0.25) is 0 Å². The van der Waals surface area contributed by atoms with E-state index in [1.165, 1.54) is 0 Å². The summed E-state index contributed by atoms with van der Waals surface area (Å²) in [6.45, 7) is 5.29. The summed E-state index contributed by atoms with van der Waals surface area (Å²) in [4.78, 5) is 16.7. The summed E-state index contributed by atoms with van der Waals surface area (Å²) in [5.41, 5.74) is 0.764. The van der Waals surface area contributed by atoms with Crippen LogP contribution in [0.3, 0.4) is 0 Å². The van der Waals surface area contributed by atoms with Crippen LogP contribution >= 0.6 is 23.2 Å². The van der Waals surface area contributed by atoms with Gasteiger partial charge < -0.3 is 13.8 Å². The van der Waals surface area contributed by atoms with Crippen LogP contribution in [0.5, 0.6) is 0 Å². The molecule has 2 aromatic heterocycles. The maximum Gasteiger partial charge on any atom is 0.344 e. The zero-order chi connectivity index (χ0) is 18.8. The van der Waals surface area contributed by atoms with E-state index in [1.54, 1.807) is 25.1 Å². The van der Waals surface area contributed by atoms with Crippen molar-refractivity contribution in [2.75, 3.05) is 0 Å². The summed E-state index contributed by atoms with van der Waals surface area (Å²) >= 11 is 12.4. The number of aryl methyl sites for hydroxylation is 1. The molecule has 136 valence electrons. The Morgan fingerprint density at radius 3 is 2.50 bits per heavy atom. The van der Waals surface area contributed by atoms with E-state index in [4.69, 9.17) is 37.0 Å². The van der Waals surface area contributed by atoms with E-state index in [-0.39, 0.29) is 35.4 Å². The lowest BCUT2D eigenvalue weighted by atomic mass is 10.1. The monoisotopic (exact) mass is 395 g/mol. The minimum Gasteiger partial charge on any atom is -0.452 e. The van der Waals surface area contributed by atoms with E-state index in [9.17, 15) is 4.79 Å². The van der Waals surface area contributed by atoms with Crippen molar-refractivity contribution >= 4 is 29.2 Å². The van der Waals surface area contributed by atoms with Gasteiger partial charge in [0.1, 0.15) is 17.0 Å². The van der Waals surface area contributed by atoms with Crippen molar-refractivity contribution in [1.82, 2.24) is 15.3 Å². The van der Waals surface area contributed by atoms with Crippen molar-refractivity contribution < 1.29 is 18.6 Å². The molecule has 0 aliphatic carbocycles. The van der Waals surface area contributed by atoms with Crippen molar-refractivity contribution in [2.24, 2.45) is 0 Å². The third-order valence-electron chi connectivity index (χ3n) is 3.59. The van der Waals surface area contributed by atoms with E-state index in [2.05, 4.69) is 15.3 Å².